The summed E-state index contributed by atoms with van der Waals surface area (Å²) in [5, 5.41) is 1.62. The number of rotatable bonds is 5. The summed E-state index contributed by atoms with van der Waals surface area (Å²) in [7, 11) is 0. The van der Waals surface area contributed by atoms with Gasteiger partial charge in [0.2, 0.25) is 0 Å². The van der Waals surface area contributed by atoms with Crippen LogP contribution < -0.4 is 0 Å². The predicted molar refractivity (Wildman–Crippen MR) is 102 cm³/mol. The molecule has 0 aliphatic heterocycles. The van der Waals surface area contributed by atoms with Crippen LogP contribution in [0.5, 0.6) is 0 Å². The first-order chi connectivity index (χ1) is 10.9. The molecular weight excluding hydrogens is 304 g/mol. The highest BCUT2D eigenvalue weighted by atomic mass is 32.2. The molecule has 2 unspecified atom stereocenters. The molecule has 0 radical (unpaired) electrons. The van der Waals surface area contributed by atoms with Crippen LogP contribution in [0, 0.1) is 0 Å². The van der Waals surface area contributed by atoms with E-state index in [1.807, 2.05) is 0 Å². The molecule has 1 fully saturated rings. The number of benzene rings is 2. The van der Waals surface area contributed by atoms with E-state index in [1.54, 1.807) is 0 Å². The van der Waals surface area contributed by atoms with Crippen molar-refractivity contribution in [3.05, 3.63) is 54.6 Å². The maximum absolute atomic E-state index is 2.36. The lowest BCUT2D eigenvalue weighted by Gasteiger charge is -2.30. The van der Waals surface area contributed by atoms with Crippen molar-refractivity contribution in [2.75, 3.05) is 5.75 Å². The summed E-state index contributed by atoms with van der Waals surface area (Å²) < 4.78 is 0. The van der Waals surface area contributed by atoms with Crippen molar-refractivity contribution < 1.29 is 0 Å². The quantitative estimate of drug-likeness (QED) is 0.613. The summed E-state index contributed by atoms with van der Waals surface area (Å²) in [5.74, 6) is 1.24. The molecule has 116 valence electrons. The summed E-state index contributed by atoms with van der Waals surface area (Å²) >= 11 is 4.26. The fraction of sp³-hybridized carbons (Fsp3) is 0.400. The van der Waals surface area contributed by atoms with E-state index in [-0.39, 0.29) is 0 Å². The van der Waals surface area contributed by atoms with Crippen molar-refractivity contribution >= 4 is 23.5 Å². The molecule has 2 aromatic rings. The van der Waals surface area contributed by atoms with Crippen LogP contribution in [0.15, 0.2) is 59.5 Å². The van der Waals surface area contributed by atoms with Crippen LogP contribution in [0.3, 0.4) is 0 Å². The lowest BCUT2D eigenvalue weighted by Crippen LogP contribution is -2.24. The second-order valence-electron chi connectivity index (χ2n) is 5.83. The lowest BCUT2D eigenvalue weighted by molar-refractivity contribution is 0.528. The van der Waals surface area contributed by atoms with Crippen molar-refractivity contribution in [3.63, 3.8) is 0 Å². The molecule has 2 heteroatoms. The van der Waals surface area contributed by atoms with Gasteiger partial charge in [-0.1, -0.05) is 62.2 Å². The first kappa shape index (κ1) is 16.0. The Morgan fingerprint density at radius 1 is 0.864 bits per heavy atom. The van der Waals surface area contributed by atoms with E-state index < -0.39 is 0 Å². The molecule has 2 atom stereocenters. The molecule has 0 spiro atoms. The molecule has 0 amide bonds. The third-order valence-electron chi connectivity index (χ3n) is 4.25. The van der Waals surface area contributed by atoms with Gasteiger partial charge in [0.1, 0.15) is 0 Å². The molecule has 0 bridgehead atoms. The van der Waals surface area contributed by atoms with Gasteiger partial charge in [-0.2, -0.15) is 11.8 Å². The van der Waals surface area contributed by atoms with Crippen LogP contribution in [0.2, 0.25) is 0 Å². The molecule has 22 heavy (non-hydrogen) atoms. The third kappa shape index (κ3) is 4.11. The van der Waals surface area contributed by atoms with E-state index >= 15 is 0 Å². The zero-order valence-corrected chi connectivity index (χ0v) is 14.8. The van der Waals surface area contributed by atoms with E-state index in [0.29, 0.717) is 0 Å². The largest absolute Gasteiger partial charge is 0.158 e. The zero-order valence-electron chi connectivity index (χ0n) is 13.2. The minimum absolute atomic E-state index is 0.782. The van der Waals surface area contributed by atoms with Crippen LogP contribution in [0.25, 0.3) is 11.1 Å². The van der Waals surface area contributed by atoms with E-state index in [0.717, 1.165) is 10.5 Å². The maximum Gasteiger partial charge on any atom is 0.0213 e. The highest BCUT2D eigenvalue weighted by Gasteiger charge is 2.25. The molecular formula is C20H24S2. The fourth-order valence-electron chi connectivity index (χ4n) is 3.16. The molecule has 3 rings (SSSR count). The minimum Gasteiger partial charge on any atom is -0.158 e. The Balaban J connectivity index is 1.75. The van der Waals surface area contributed by atoms with Crippen molar-refractivity contribution in [1.29, 1.82) is 0 Å². The van der Waals surface area contributed by atoms with Gasteiger partial charge in [0.05, 0.1) is 0 Å². The second-order valence-corrected chi connectivity index (χ2v) is 8.66. The summed E-state index contributed by atoms with van der Waals surface area (Å²) in [6, 6.07) is 19.8. The first-order valence-electron chi connectivity index (χ1n) is 8.30. The normalized spacial score (nSPS) is 21.7. The third-order valence-corrected chi connectivity index (χ3v) is 7.14. The first-order valence-corrected chi connectivity index (χ1v) is 10.2. The van der Waals surface area contributed by atoms with Gasteiger partial charge in [-0.25, -0.2) is 0 Å². The lowest BCUT2D eigenvalue weighted by atomic mass is 10.00. The average molecular weight is 329 g/mol. The van der Waals surface area contributed by atoms with Crippen molar-refractivity contribution in [2.24, 2.45) is 0 Å². The van der Waals surface area contributed by atoms with Gasteiger partial charge in [-0.15, -0.1) is 11.8 Å². The van der Waals surface area contributed by atoms with Gasteiger partial charge in [0.15, 0.2) is 0 Å². The maximum atomic E-state index is 2.36. The number of hydrogen-bond donors (Lipinski definition) is 0. The molecule has 1 aliphatic rings. The van der Waals surface area contributed by atoms with Gasteiger partial charge in [0, 0.05) is 15.4 Å². The predicted octanol–water partition coefficient (Wildman–Crippen LogP) is 6.51. The Hall–Kier alpha value is -0.860. The average Bonchev–Trinajstić information content (AvgIpc) is 2.58. The van der Waals surface area contributed by atoms with Crippen LogP contribution in [0.1, 0.15) is 32.6 Å². The Morgan fingerprint density at radius 2 is 1.59 bits per heavy atom. The molecule has 0 heterocycles. The monoisotopic (exact) mass is 328 g/mol. The van der Waals surface area contributed by atoms with Gasteiger partial charge in [0.25, 0.3) is 0 Å². The van der Waals surface area contributed by atoms with E-state index in [2.05, 4.69) is 85.0 Å². The van der Waals surface area contributed by atoms with Crippen LogP contribution in [-0.2, 0) is 0 Å². The smallest absolute Gasteiger partial charge is 0.0213 e. The minimum atomic E-state index is 0.782. The summed E-state index contributed by atoms with van der Waals surface area (Å²) in [5.41, 5.74) is 2.65. The molecule has 2 aromatic carbocycles. The number of thioether (sulfide) groups is 2. The van der Waals surface area contributed by atoms with Crippen molar-refractivity contribution in [1.82, 2.24) is 0 Å². The molecule has 1 saturated carbocycles. The van der Waals surface area contributed by atoms with Crippen molar-refractivity contribution in [2.45, 2.75) is 48.0 Å². The SMILES string of the molecule is CCSC1CCCCC1Sc1cccc(-c2ccccc2)c1. The number of hydrogen-bond acceptors (Lipinski definition) is 2. The van der Waals surface area contributed by atoms with Gasteiger partial charge in [-0.05, 0) is 41.9 Å². The van der Waals surface area contributed by atoms with Crippen LogP contribution >= 0.6 is 23.5 Å². The molecule has 0 N–H and O–H groups in total. The Labute approximate surface area is 143 Å². The topological polar surface area (TPSA) is 0 Å². The van der Waals surface area contributed by atoms with Gasteiger partial charge in [-0.3, -0.25) is 0 Å². The molecule has 0 aromatic heterocycles. The Kier molecular flexibility index (Phi) is 5.91. The molecule has 1 aliphatic carbocycles. The molecule has 0 saturated heterocycles. The van der Waals surface area contributed by atoms with E-state index in [1.165, 1.54) is 47.5 Å². The highest BCUT2D eigenvalue weighted by molar-refractivity contribution is 8.03. The second kappa shape index (κ2) is 8.12. The standard InChI is InChI=1S/C20H24S2/c1-2-21-19-13-6-7-14-20(19)22-18-12-8-11-17(15-18)16-9-4-3-5-10-16/h3-5,8-12,15,19-20H,2,6-7,13-14H2,1H3. The van der Waals surface area contributed by atoms with Crippen LogP contribution in [0.4, 0.5) is 0 Å². The van der Waals surface area contributed by atoms with E-state index in [4.69, 9.17) is 0 Å². The highest BCUT2D eigenvalue weighted by Crippen LogP contribution is 2.40. The van der Waals surface area contributed by atoms with Crippen molar-refractivity contribution in [3.8, 4) is 11.1 Å². The van der Waals surface area contributed by atoms with E-state index in [9.17, 15) is 0 Å². The summed E-state index contributed by atoms with van der Waals surface area (Å²) in [6.07, 6.45) is 5.59. The van der Waals surface area contributed by atoms with Gasteiger partial charge < -0.3 is 0 Å². The fourth-order valence-corrected chi connectivity index (χ4v) is 5.95. The van der Waals surface area contributed by atoms with Gasteiger partial charge >= 0.3 is 0 Å². The summed E-state index contributed by atoms with van der Waals surface area (Å²) in [4.78, 5) is 1.43. The summed E-state index contributed by atoms with van der Waals surface area (Å²) in [6.45, 7) is 2.29. The Bertz CT molecular complexity index is 577. The zero-order chi connectivity index (χ0) is 15.2. The Morgan fingerprint density at radius 3 is 2.36 bits per heavy atom. The molecule has 0 nitrogen and oxygen atoms in total. The van der Waals surface area contributed by atoms with Crippen LogP contribution in [-0.4, -0.2) is 16.3 Å².